The molecule has 0 bridgehead atoms. The maximum absolute atomic E-state index is 6.13. The molecule has 0 aliphatic carbocycles. The van der Waals surface area contributed by atoms with E-state index in [0.29, 0.717) is 6.04 Å². The fourth-order valence-electron chi connectivity index (χ4n) is 1.47. The fourth-order valence-corrected chi connectivity index (χ4v) is 2.24. The maximum Gasteiger partial charge on any atom is 0.0449 e. The molecule has 1 aromatic carbocycles. The van der Waals surface area contributed by atoms with E-state index in [4.69, 9.17) is 11.6 Å². The Labute approximate surface area is 105 Å². The Bertz CT molecular complexity index is 314. The fraction of sp³-hybridized carbons (Fsp3) is 0.500. The van der Waals surface area contributed by atoms with Crippen LogP contribution in [0.2, 0.25) is 5.02 Å². The van der Waals surface area contributed by atoms with Crippen LogP contribution in [-0.4, -0.2) is 13.1 Å². The normalized spacial score (nSPS) is 12.8. The molecule has 0 aliphatic heterocycles. The summed E-state index contributed by atoms with van der Waals surface area (Å²) in [5, 5.41) is 4.10. The Morgan fingerprint density at radius 3 is 2.80 bits per heavy atom. The smallest absolute Gasteiger partial charge is 0.0449 e. The lowest BCUT2D eigenvalue weighted by molar-refractivity contribution is 0.542. The average Bonchev–Trinajstić information content (AvgIpc) is 2.21. The zero-order valence-electron chi connectivity index (χ0n) is 9.19. The first-order valence-electron chi connectivity index (χ1n) is 5.24. The van der Waals surface area contributed by atoms with Crippen LogP contribution in [0.25, 0.3) is 0 Å². The summed E-state index contributed by atoms with van der Waals surface area (Å²) < 4.78 is 1.04. The summed E-state index contributed by atoms with van der Waals surface area (Å²) in [4.78, 5) is 0. The lowest BCUT2D eigenvalue weighted by Gasteiger charge is -2.10. The molecule has 0 amide bonds. The van der Waals surface area contributed by atoms with E-state index in [1.54, 1.807) is 0 Å². The van der Waals surface area contributed by atoms with Gasteiger partial charge >= 0.3 is 0 Å². The third-order valence-electron chi connectivity index (χ3n) is 2.59. The van der Waals surface area contributed by atoms with Gasteiger partial charge in [-0.3, -0.25) is 0 Å². The van der Waals surface area contributed by atoms with E-state index >= 15 is 0 Å². The molecule has 0 saturated carbocycles. The van der Waals surface area contributed by atoms with Crippen molar-refractivity contribution in [1.82, 2.24) is 5.32 Å². The maximum atomic E-state index is 6.13. The molecule has 0 aromatic heterocycles. The van der Waals surface area contributed by atoms with Gasteiger partial charge in [-0.15, -0.1) is 0 Å². The Morgan fingerprint density at radius 1 is 1.47 bits per heavy atom. The van der Waals surface area contributed by atoms with Crippen LogP contribution in [0.3, 0.4) is 0 Å². The lowest BCUT2D eigenvalue weighted by Crippen LogP contribution is -2.20. The van der Waals surface area contributed by atoms with Crippen molar-refractivity contribution in [2.75, 3.05) is 7.05 Å². The zero-order valence-corrected chi connectivity index (χ0v) is 11.5. The standard InChI is InChI=1S/C12H17BrClN/c1-9(15-2)4-3-5-10-6-7-11(13)8-12(10)14/h6-9,15H,3-5H2,1-2H3. The molecule has 0 radical (unpaired) electrons. The van der Waals surface area contributed by atoms with Gasteiger partial charge in [-0.2, -0.15) is 0 Å². The minimum atomic E-state index is 0.583. The van der Waals surface area contributed by atoms with Crippen molar-refractivity contribution in [3.63, 3.8) is 0 Å². The molecule has 1 N–H and O–H groups in total. The van der Waals surface area contributed by atoms with Crippen LogP contribution in [-0.2, 0) is 6.42 Å². The Balaban J connectivity index is 2.44. The first-order valence-corrected chi connectivity index (χ1v) is 6.41. The average molecular weight is 291 g/mol. The summed E-state index contributed by atoms with van der Waals surface area (Å²) in [7, 11) is 2.00. The highest BCUT2D eigenvalue weighted by Crippen LogP contribution is 2.22. The molecule has 0 spiro atoms. The SMILES string of the molecule is CNC(C)CCCc1ccc(Br)cc1Cl. The second-order valence-corrected chi connectivity index (χ2v) is 5.14. The van der Waals surface area contributed by atoms with Crippen molar-refractivity contribution in [2.45, 2.75) is 32.2 Å². The second-order valence-electron chi connectivity index (χ2n) is 3.82. The van der Waals surface area contributed by atoms with Crippen molar-refractivity contribution in [1.29, 1.82) is 0 Å². The van der Waals surface area contributed by atoms with E-state index in [-0.39, 0.29) is 0 Å². The molecule has 15 heavy (non-hydrogen) atoms. The second kappa shape index (κ2) is 6.51. The van der Waals surface area contributed by atoms with Gasteiger partial charge in [0.25, 0.3) is 0 Å². The molecule has 1 atom stereocenters. The van der Waals surface area contributed by atoms with Crippen molar-refractivity contribution in [2.24, 2.45) is 0 Å². The van der Waals surface area contributed by atoms with Gasteiger partial charge in [-0.05, 0) is 50.9 Å². The van der Waals surface area contributed by atoms with Crippen LogP contribution >= 0.6 is 27.5 Å². The summed E-state index contributed by atoms with van der Waals surface area (Å²) in [6, 6.07) is 6.68. The number of halogens is 2. The third kappa shape index (κ3) is 4.54. The predicted molar refractivity (Wildman–Crippen MR) is 70.6 cm³/mol. The zero-order chi connectivity index (χ0) is 11.3. The highest BCUT2D eigenvalue weighted by Gasteiger charge is 2.02. The van der Waals surface area contributed by atoms with Crippen LogP contribution in [0, 0.1) is 0 Å². The van der Waals surface area contributed by atoms with E-state index < -0.39 is 0 Å². The van der Waals surface area contributed by atoms with E-state index in [0.717, 1.165) is 15.9 Å². The molecule has 0 heterocycles. The summed E-state index contributed by atoms with van der Waals surface area (Å²) >= 11 is 9.54. The van der Waals surface area contributed by atoms with Crippen LogP contribution in [0.1, 0.15) is 25.3 Å². The third-order valence-corrected chi connectivity index (χ3v) is 3.44. The molecule has 0 fully saturated rings. The summed E-state index contributed by atoms with van der Waals surface area (Å²) in [6.45, 7) is 2.20. The van der Waals surface area contributed by atoms with E-state index in [1.807, 2.05) is 19.2 Å². The quantitative estimate of drug-likeness (QED) is 0.863. The highest BCUT2D eigenvalue weighted by atomic mass is 79.9. The number of hydrogen-bond donors (Lipinski definition) is 1. The Hall–Kier alpha value is -0.0500. The predicted octanol–water partition coefficient (Wildman–Crippen LogP) is 4.03. The van der Waals surface area contributed by atoms with Gasteiger partial charge in [0.15, 0.2) is 0 Å². The molecule has 0 saturated heterocycles. The highest BCUT2D eigenvalue weighted by molar-refractivity contribution is 9.10. The number of rotatable bonds is 5. The van der Waals surface area contributed by atoms with E-state index in [1.165, 1.54) is 18.4 Å². The first kappa shape index (κ1) is 13.0. The number of nitrogens with one attached hydrogen (secondary N) is 1. The minimum Gasteiger partial charge on any atom is -0.317 e. The van der Waals surface area contributed by atoms with Crippen LogP contribution < -0.4 is 5.32 Å². The van der Waals surface area contributed by atoms with Gasteiger partial charge in [0.1, 0.15) is 0 Å². The van der Waals surface area contributed by atoms with Crippen molar-refractivity contribution >= 4 is 27.5 Å². The van der Waals surface area contributed by atoms with E-state index in [2.05, 4.69) is 34.2 Å². The molecular formula is C12H17BrClN. The van der Waals surface area contributed by atoms with Crippen molar-refractivity contribution < 1.29 is 0 Å². The first-order chi connectivity index (χ1) is 7.13. The van der Waals surface area contributed by atoms with Gasteiger partial charge in [0, 0.05) is 15.5 Å². The summed E-state index contributed by atoms with van der Waals surface area (Å²) in [6.07, 6.45) is 3.41. The number of benzene rings is 1. The molecule has 3 heteroatoms. The molecule has 1 rings (SSSR count). The van der Waals surface area contributed by atoms with Crippen molar-refractivity contribution in [3.05, 3.63) is 33.3 Å². The monoisotopic (exact) mass is 289 g/mol. The van der Waals surface area contributed by atoms with Crippen molar-refractivity contribution in [3.8, 4) is 0 Å². The molecule has 1 aromatic rings. The molecule has 0 aliphatic rings. The lowest BCUT2D eigenvalue weighted by atomic mass is 10.1. The van der Waals surface area contributed by atoms with Crippen LogP contribution in [0.15, 0.2) is 22.7 Å². The Morgan fingerprint density at radius 2 is 2.20 bits per heavy atom. The molecule has 1 nitrogen and oxygen atoms in total. The molecule has 1 unspecified atom stereocenters. The Kier molecular flexibility index (Phi) is 5.65. The number of hydrogen-bond acceptors (Lipinski definition) is 1. The van der Waals surface area contributed by atoms with Crippen LogP contribution in [0.4, 0.5) is 0 Å². The molecule has 84 valence electrons. The van der Waals surface area contributed by atoms with Gasteiger partial charge in [0.05, 0.1) is 0 Å². The summed E-state index contributed by atoms with van der Waals surface area (Å²) in [5.41, 5.74) is 1.24. The van der Waals surface area contributed by atoms with Gasteiger partial charge in [-0.25, -0.2) is 0 Å². The van der Waals surface area contributed by atoms with Crippen LogP contribution in [0.5, 0.6) is 0 Å². The van der Waals surface area contributed by atoms with Gasteiger partial charge in [0.2, 0.25) is 0 Å². The van der Waals surface area contributed by atoms with Gasteiger partial charge in [-0.1, -0.05) is 33.6 Å². The van der Waals surface area contributed by atoms with Gasteiger partial charge < -0.3 is 5.32 Å². The topological polar surface area (TPSA) is 12.0 Å². The van der Waals surface area contributed by atoms with E-state index in [9.17, 15) is 0 Å². The summed E-state index contributed by atoms with van der Waals surface area (Å²) in [5.74, 6) is 0. The largest absolute Gasteiger partial charge is 0.317 e. The minimum absolute atomic E-state index is 0.583. The number of aryl methyl sites for hydroxylation is 1. The molecular weight excluding hydrogens is 273 g/mol.